The number of hydrogen-bond donors (Lipinski definition) is 1. The van der Waals surface area contributed by atoms with E-state index in [9.17, 15) is 9.59 Å². The Bertz CT molecular complexity index is 733. The van der Waals surface area contributed by atoms with Gasteiger partial charge in [-0.05, 0) is 41.8 Å². The number of benzene rings is 2. The molecule has 0 atom stereocenters. The van der Waals surface area contributed by atoms with Crippen molar-refractivity contribution in [2.75, 3.05) is 20.3 Å². The van der Waals surface area contributed by atoms with E-state index in [4.69, 9.17) is 21.1 Å². The largest absolute Gasteiger partial charge is 0.452 e. The van der Waals surface area contributed by atoms with E-state index in [1.165, 1.54) is 0 Å². The number of rotatable bonds is 8. The third kappa shape index (κ3) is 6.57. The fraction of sp³-hybridized carbons (Fsp3) is 0.263. The Labute approximate surface area is 151 Å². The minimum absolute atomic E-state index is 0.317. The van der Waals surface area contributed by atoms with Crippen molar-refractivity contribution in [1.29, 1.82) is 0 Å². The third-order valence-electron chi connectivity index (χ3n) is 3.43. The summed E-state index contributed by atoms with van der Waals surface area (Å²) in [7, 11) is 1.58. The SMILES string of the molecule is COCc1cccc(C(=O)OCC(=O)NCCc2cccc(Cl)c2)c1. The molecule has 0 radical (unpaired) electrons. The van der Waals surface area contributed by atoms with Gasteiger partial charge in [0.2, 0.25) is 0 Å². The van der Waals surface area contributed by atoms with Crippen molar-refractivity contribution in [2.45, 2.75) is 13.0 Å². The van der Waals surface area contributed by atoms with Crippen LogP contribution in [0.2, 0.25) is 5.02 Å². The Morgan fingerprint density at radius 2 is 1.84 bits per heavy atom. The number of nitrogens with one attached hydrogen (secondary N) is 1. The Balaban J connectivity index is 1.74. The number of hydrogen-bond acceptors (Lipinski definition) is 4. The van der Waals surface area contributed by atoms with Crippen LogP contribution in [0, 0.1) is 0 Å². The number of ether oxygens (including phenoxy) is 2. The predicted molar refractivity (Wildman–Crippen MR) is 95.6 cm³/mol. The van der Waals surface area contributed by atoms with Crippen molar-refractivity contribution in [2.24, 2.45) is 0 Å². The van der Waals surface area contributed by atoms with Gasteiger partial charge in [0, 0.05) is 18.7 Å². The molecule has 0 aromatic heterocycles. The summed E-state index contributed by atoms with van der Waals surface area (Å²) in [5.74, 6) is -0.883. The first-order valence-electron chi connectivity index (χ1n) is 7.84. The van der Waals surface area contributed by atoms with E-state index in [-0.39, 0.29) is 12.5 Å². The molecule has 1 amide bonds. The summed E-state index contributed by atoms with van der Waals surface area (Å²) in [5, 5.41) is 3.37. The van der Waals surface area contributed by atoms with Crippen LogP contribution in [0.25, 0.3) is 0 Å². The fourth-order valence-electron chi connectivity index (χ4n) is 2.26. The monoisotopic (exact) mass is 361 g/mol. The molecule has 2 aromatic rings. The number of amides is 1. The maximum Gasteiger partial charge on any atom is 0.338 e. The van der Waals surface area contributed by atoms with E-state index in [0.717, 1.165) is 11.1 Å². The van der Waals surface area contributed by atoms with Gasteiger partial charge in [-0.2, -0.15) is 0 Å². The quantitative estimate of drug-likeness (QED) is 0.734. The lowest BCUT2D eigenvalue weighted by Gasteiger charge is -2.08. The molecule has 0 aliphatic heterocycles. The second-order valence-electron chi connectivity index (χ2n) is 5.44. The number of carbonyl (C=O) groups excluding carboxylic acids is 2. The summed E-state index contributed by atoms with van der Waals surface area (Å²) >= 11 is 5.91. The normalized spacial score (nSPS) is 10.3. The number of halogens is 1. The third-order valence-corrected chi connectivity index (χ3v) is 3.67. The minimum Gasteiger partial charge on any atom is -0.452 e. The molecule has 0 saturated carbocycles. The second-order valence-corrected chi connectivity index (χ2v) is 5.88. The maximum absolute atomic E-state index is 12.0. The Morgan fingerprint density at radius 3 is 2.60 bits per heavy atom. The Kier molecular flexibility index (Phi) is 7.44. The average molecular weight is 362 g/mol. The Morgan fingerprint density at radius 1 is 1.08 bits per heavy atom. The number of carbonyl (C=O) groups is 2. The van der Waals surface area contributed by atoms with E-state index >= 15 is 0 Å². The van der Waals surface area contributed by atoms with Crippen LogP contribution in [-0.2, 0) is 27.3 Å². The van der Waals surface area contributed by atoms with E-state index < -0.39 is 5.97 Å². The maximum atomic E-state index is 12.0. The van der Waals surface area contributed by atoms with E-state index in [1.54, 1.807) is 31.4 Å². The van der Waals surface area contributed by atoms with Gasteiger partial charge in [-0.1, -0.05) is 35.9 Å². The number of esters is 1. The molecule has 0 saturated heterocycles. The molecule has 0 aliphatic rings. The molecule has 0 bridgehead atoms. The summed E-state index contributed by atoms with van der Waals surface area (Å²) in [5.41, 5.74) is 2.28. The first kappa shape index (κ1) is 19.0. The molecule has 0 aliphatic carbocycles. The molecular weight excluding hydrogens is 342 g/mol. The van der Waals surface area contributed by atoms with Crippen LogP contribution in [-0.4, -0.2) is 32.1 Å². The summed E-state index contributed by atoms with van der Waals surface area (Å²) in [6, 6.07) is 14.4. The highest BCUT2D eigenvalue weighted by molar-refractivity contribution is 6.30. The van der Waals surface area contributed by atoms with Crippen LogP contribution < -0.4 is 5.32 Å². The summed E-state index contributed by atoms with van der Waals surface area (Å²) in [6.45, 7) is 0.536. The van der Waals surface area contributed by atoms with Gasteiger partial charge < -0.3 is 14.8 Å². The molecule has 6 heteroatoms. The van der Waals surface area contributed by atoms with Crippen LogP contribution >= 0.6 is 11.6 Å². The van der Waals surface area contributed by atoms with Crippen LogP contribution in [0.4, 0.5) is 0 Å². The van der Waals surface area contributed by atoms with Gasteiger partial charge in [0.25, 0.3) is 5.91 Å². The van der Waals surface area contributed by atoms with Gasteiger partial charge in [0.1, 0.15) is 0 Å². The zero-order valence-corrected chi connectivity index (χ0v) is 14.7. The highest BCUT2D eigenvalue weighted by atomic mass is 35.5. The average Bonchev–Trinajstić information content (AvgIpc) is 2.60. The summed E-state index contributed by atoms with van der Waals surface area (Å²) < 4.78 is 10.1. The lowest BCUT2D eigenvalue weighted by molar-refractivity contribution is -0.124. The lowest BCUT2D eigenvalue weighted by Crippen LogP contribution is -2.30. The molecule has 2 rings (SSSR count). The van der Waals surface area contributed by atoms with E-state index in [2.05, 4.69) is 5.32 Å². The minimum atomic E-state index is -0.539. The number of methoxy groups -OCH3 is 1. The van der Waals surface area contributed by atoms with Crippen LogP contribution in [0.3, 0.4) is 0 Å². The van der Waals surface area contributed by atoms with Crippen molar-refractivity contribution in [3.05, 3.63) is 70.2 Å². The predicted octanol–water partition coefficient (Wildman–Crippen LogP) is 3.00. The fourth-order valence-corrected chi connectivity index (χ4v) is 2.47. The highest BCUT2D eigenvalue weighted by Crippen LogP contribution is 2.10. The zero-order valence-electron chi connectivity index (χ0n) is 14.0. The van der Waals surface area contributed by atoms with Gasteiger partial charge in [-0.3, -0.25) is 4.79 Å². The van der Waals surface area contributed by atoms with Crippen molar-refractivity contribution >= 4 is 23.5 Å². The van der Waals surface area contributed by atoms with Crippen molar-refractivity contribution in [3.8, 4) is 0 Å². The molecule has 5 nitrogen and oxygen atoms in total. The van der Waals surface area contributed by atoms with Crippen LogP contribution in [0.1, 0.15) is 21.5 Å². The van der Waals surface area contributed by atoms with Gasteiger partial charge in [0.05, 0.1) is 12.2 Å². The molecule has 0 spiro atoms. The van der Waals surface area contributed by atoms with Gasteiger partial charge in [0.15, 0.2) is 6.61 Å². The smallest absolute Gasteiger partial charge is 0.338 e. The zero-order chi connectivity index (χ0) is 18.1. The van der Waals surface area contributed by atoms with Crippen molar-refractivity contribution in [3.63, 3.8) is 0 Å². The first-order chi connectivity index (χ1) is 12.1. The van der Waals surface area contributed by atoms with Crippen LogP contribution in [0.15, 0.2) is 48.5 Å². The van der Waals surface area contributed by atoms with Gasteiger partial charge >= 0.3 is 5.97 Å². The standard InChI is InChI=1S/C19H20ClNO4/c1-24-12-15-5-2-6-16(10-15)19(23)25-13-18(22)21-9-8-14-4-3-7-17(20)11-14/h2-7,10-11H,8-9,12-13H2,1H3,(H,21,22). The second kappa shape index (κ2) is 9.81. The van der Waals surface area contributed by atoms with E-state index in [1.807, 2.05) is 24.3 Å². The van der Waals surface area contributed by atoms with Crippen molar-refractivity contribution in [1.82, 2.24) is 5.32 Å². The van der Waals surface area contributed by atoms with Gasteiger partial charge in [-0.15, -0.1) is 0 Å². The van der Waals surface area contributed by atoms with Crippen molar-refractivity contribution < 1.29 is 19.1 Å². The summed E-state index contributed by atoms with van der Waals surface area (Å²) in [4.78, 5) is 23.8. The lowest BCUT2D eigenvalue weighted by atomic mass is 10.1. The molecule has 0 heterocycles. The molecule has 0 fully saturated rings. The molecular formula is C19H20ClNO4. The van der Waals surface area contributed by atoms with Crippen LogP contribution in [0.5, 0.6) is 0 Å². The molecule has 132 valence electrons. The first-order valence-corrected chi connectivity index (χ1v) is 8.22. The highest BCUT2D eigenvalue weighted by Gasteiger charge is 2.10. The van der Waals surface area contributed by atoms with E-state index in [0.29, 0.717) is 30.2 Å². The summed E-state index contributed by atoms with van der Waals surface area (Å²) in [6.07, 6.45) is 0.652. The molecule has 1 N–H and O–H groups in total. The topological polar surface area (TPSA) is 64.6 Å². The molecule has 0 unspecified atom stereocenters. The van der Waals surface area contributed by atoms with Gasteiger partial charge in [-0.25, -0.2) is 4.79 Å². The molecule has 2 aromatic carbocycles. The Hall–Kier alpha value is -2.37. The molecule has 25 heavy (non-hydrogen) atoms.